The van der Waals surface area contributed by atoms with E-state index in [9.17, 15) is 9.18 Å². The minimum Gasteiger partial charge on any atom is -0.494 e. The van der Waals surface area contributed by atoms with Crippen LogP contribution >= 0.6 is 0 Å². The van der Waals surface area contributed by atoms with Crippen molar-refractivity contribution >= 4 is 5.78 Å². The second-order valence-corrected chi connectivity index (χ2v) is 6.98. The molecule has 1 fully saturated rings. The molecule has 2 aromatic rings. The smallest absolute Gasteiger partial charge is 0.176 e. The van der Waals surface area contributed by atoms with Gasteiger partial charge in [-0.3, -0.25) is 9.69 Å². The highest BCUT2D eigenvalue weighted by atomic mass is 19.1. The van der Waals surface area contributed by atoms with Gasteiger partial charge in [0.25, 0.3) is 0 Å². The van der Waals surface area contributed by atoms with Gasteiger partial charge in [0.15, 0.2) is 17.3 Å². The van der Waals surface area contributed by atoms with Gasteiger partial charge in [-0.1, -0.05) is 29.8 Å². The van der Waals surface area contributed by atoms with Crippen molar-refractivity contribution in [3.63, 3.8) is 0 Å². The number of hydrogen-bond donors (Lipinski definition) is 1. The second kappa shape index (κ2) is 9.78. The van der Waals surface area contributed by atoms with E-state index in [1.54, 1.807) is 6.07 Å². The molecular formula is C22H27FN2O3. The maximum Gasteiger partial charge on any atom is 0.176 e. The normalized spacial score (nSPS) is 16.0. The monoisotopic (exact) mass is 386 g/mol. The van der Waals surface area contributed by atoms with Gasteiger partial charge in [-0.25, -0.2) is 4.39 Å². The molecule has 1 saturated heterocycles. The number of aryl methyl sites for hydroxylation is 1. The molecule has 150 valence electrons. The molecule has 1 aliphatic heterocycles. The minimum absolute atomic E-state index is 0.135. The van der Waals surface area contributed by atoms with Crippen LogP contribution in [-0.2, 0) is 4.74 Å². The average Bonchev–Trinajstić information content (AvgIpc) is 2.72. The van der Waals surface area contributed by atoms with Crippen LogP contribution in [0.3, 0.4) is 0 Å². The Hall–Kier alpha value is -2.28. The van der Waals surface area contributed by atoms with E-state index in [1.165, 1.54) is 30.4 Å². The third-order valence-electron chi connectivity index (χ3n) is 5.05. The molecule has 0 aromatic heterocycles. The van der Waals surface area contributed by atoms with Crippen LogP contribution in [0.25, 0.3) is 0 Å². The molecule has 1 unspecified atom stereocenters. The number of benzene rings is 2. The number of ketones is 1. The van der Waals surface area contributed by atoms with E-state index in [0.717, 1.165) is 13.1 Å². The van der Waals surface area contributed by atoms with Crippen LogP contribution in [0.2, 0.25) is 0 Å². The summed E-state index contributed by atoms with van der Waals surface area (Å²) >= 11 is 0. The lowest BCUT2D eigenvalue weighted by atomic mass is 10.0. The summed E-state index contributed by atoms with van der Waals surface area (Å²) in [5.41, 5.74) is 2.76. The largest absolute Gasteiger partial charge is 0.494 e. The molecule has 2 aromatic carbocycles. The zero-order valence-corrected chi connectivity index (χ0v) is 16.4. The van der Waals surface area contributed by atoms with Gasteiger partial charge in [0.1, 0.15) is 0 Å². The number of carbonyl (C=O) groups is 1. The fraction of sp³-hybridized carbons (Fsp3) is 0.409. The van der Waals surface area contributed by atoms with E-state index in [2.05, 4.69) is 41.4 Å². The summed E-state index contributed by atoms with van der Waals surface area (Å²) in [6, 6.07) is 12.9. The molecule has 0 spiro atoms. The summed E-state index contributed by atoms with van der Waals surface area (Å²) in [7, 11) is 1.40. The van der Waals surface area contributed by atoms with Crippen molar-refractivity contribution in [1.82, 2.24) is 10.2 Å². The predicted molar refractivity (Wildman–Crippen MR) is 106 cm³/mol. The van der Waals surface area contributed by atoms with Crippen molar-refractivity contribution < 1.29 is 18.7 Å². The summed E-state index contributed by atoms with van der Waals surface area (Å²) in [5.74, 6) is -0.540. The highest BCUT2D eigenvalue weighted by Gasteiger charge is 2.22. The molecule has 0 aliphatic carbocycles. The van der Waals surface area contributed by atoms with Crippen LogP contribution < -0.4 is 10.1 Å². The van der Waals surface area contributed by atoms with Gasteiger partial charge in [-0.05, 0) is 30.7 Å². The molecule has 1 N–H and O–H groups in total. The molecule has 0 saturated carbocycles. The summed E-state index contributed by atoms with van der Waals surface area (Å²) in [6.07, 6.45) is 0. The molecule has 3 rings (SSSR count). The number of halogens is 1. The lowest BCUT2D eigenvalue weighted by Crippen LogP contribution is -2.43. The minimum atomic E-state index is -0.529. The lowest BCUT2D eigenvalue weighted by Gasteiger charge is -2.35. The van der Waals surface area contributed by atoms with Crippen molar-refractivity contribution in [2.45, 2.75) is 13.0 Å². The molecule has 5 nitrogen and oxygen atoms in total. The average molecular weight is 386 g/mol. The zero-order chi connectivity index (χ0) is 19.9. The number of Topliss-reactive ketones (excluding diaryl/α,β-unsaturated/α-hetero) is 1. The Bertz CT molecular complexity index is 789. The van der Waals surface area contributed by atoms with Crippen molar-refractivity contribution in [3.05, 3.63) is 65.0 Å². The molecule has 1 aliphatic rings. The van der Waals surface area contributed by atoms with Crippen LogP contribution in [0, 0.1) is 12.7 Å². The number of ether oxygens (including phenoxy) is 2. The summed E-state index contributed by atoms with van der Waals surface area (Å²) in [5, 5.41) is 3.26. The van der Waals surface area contributed by atoms with Gasteiger partial charge in [-0.15, -0.1) is 0 Å². The number of nitrogens with one attached hydrogen (secondary N) is 1. The Morgan fingerprint density at radius 2 is 1.93 bits per heavy atom. The van der Waals surface area contributed by atoms with E-state index >= 15 is 0 Å². The number of rotatable bonds is 8. The van der Waals surface area contributed by atoms with E-state index in [4.69, 9.17) is 9.47 Å². The second-order valence-electron chi connectivity index (χ2n) is 6.98. The SMILES string of the molecule is COc1ccc(C(=O)CNCC(c2ccc(C)cc2)N2CCOCC2)cc1F. The fourth-order valence-electron chi connectivity index (χ4n) is 3.40. The quantitative estimate of drug-likeness (QED) is 0.707. The molecular weight excluding hydrogens is 359 g/mol. The third kappa shape index (κ3) is 5.16. The molecule has 0 radical (unpaired) electrons. The third-order valence-corrected chi connectivity index (χ3v) is 5.05. The fourth-order valence-corrected chi connectivity index (χ4v) is 3.40. The van der Waals surface area contributed by atoms with E-state index in [-0.39, 0.29) is 24.1 Å². The van der Waals surface area contributed by atoms with Gasteiger partial charge < -0.3 is 14.8 Å². The number of methoxy groups -OCH3 is 1. The van der Waals surface area contributed by atoms with Crippen molar-refractivity contribution in [3.8, 4) is 5.75 Å². The lowest BCUT2D eigenvalue weighted by molar-refractivity contribution is 0.0162. The summed E-state index contributed by atoms with van der Waals surface area (Å²) < 4.78 is 24.2. The highest BCUT2D eigenvalue weighted by molar-refractivity contribution is 5.97. The maximum atomic E-state index is 13.8. The molecule has 1 heterocycles. The van der Waals surface area contributed by atoms with E-state index < -0.39 is 5.82 Å². The first kappa shape index (κ1) is 20.5. The Labute approximate surface area is 165 Å². The summed E-state index contributed by atoms with van der Waals surface area (Å²) in [4.78, 5) is 14.8. The van der Waals surface area contributed by atoms with Gasteiger partial charge in [-0.2, -0.15) is 0 Å². The number of nitrogens with zero attached hydrogens (tertiary/aromatic N) is 1. The van der Waals surface area contributed by atoms with E-state index in [1.807, 2.05) is 0 Å². The molecule has 1 atom stereocenters. The zero-order valence-electron chi connectivity index (χ0n) is 16.4. The van der Waals surface area contributed by atoms with Crippen LogP contribution in [0.5, 0.6) is 5.75 Å². The van der Waals surface area contributed by atoms with Gasteiger partial charge >= 0.3 is 0 Å². The first-order valence-corrected chi connectivity index (χ1v) is 9.54. The van der Waals surface area contributed by atoms with Crippen LogP contribution in [0.1, 0.15) is 27.5 Å². The molecule has 0 bridgehead atoms. The van der Waals surface area contributed by atoms with Crippen LogP contribution in [0.15, 0.2) is 42.5 Å². The molecule has 6 heteroatoms. The van der Waals surface area contributed by atoms with Gasteiger partial charge in [0, 0.05) is 31.2 Å². The molecule has 0 amide bonds. The van der Waals surface area contributed by atoms with Gasteiger partial charge in [0.2, 0.25) is 0 Å². The number of carbonyl (C=O) groups excluding carboxylic acids is 1. The Morgan fingerprint density at radius 3 is 2.57 bits per heavy atom. The molecule has 28 heavy (non-hydrogen) atoms. The first-order valence-electron chi connectivity index (χ1n) is 9.54. The predicted octanol–water partition coefficient (Wildman–Crippen LogP) is 2.99. The van der Waals surface area contributed by atoms with Gasteiger partial charge in [0.05, 0.1) is 26.9 Å². The van der Waals surface area contributed by atoms with Crippen LogP contribution in [0.4, 0.5) is 4.39 Å². The van der Waals surface area contributed by atoms with Crippen molar-refractivity contribution in [2.75, 3.05) is 46.5 Å². The van der Waals surface area contributed by atoms with Crippen molar-refractivity contribution in [1.29, 1.82) is 0 Å². The summed E-state index contributed by atoms with van der Waals surface area (Å²) in [6.45, 7) is 6.00. The number of morpholine rings is 1. The van der Waals surface area contributed by atoms with E-state index in [0.29, 0.717) is 25.3 Å². The first-order chi connectivity index (χ1) is 13.6. The topological polar surface area (TPSA) is 50.8 Å². The van der Waals surface area contributed by atoms with Crippen molar-refractivity contribution in [2.24, 2.45) is 0 Å². The Morgan fingerprint density at radius 1 is 1.21 bits per heavy atom. The highest BCUT2D eigenvalue weighted by Crippen LogP contribution is 2.22. The van der Waals surface area contributed by atoms with Crippen LogP contribution in [-0.4, -0.2) is 57.2 Å². The Balaban J connectivity index is 1.63. The standard InChI is InChI=1S/C22H27FN2O3/c1-16-3-5-17(6-4-16)20(25-9-11-28-12-10-25)14-24-15-21(26)18-7-8-22(27-2)19(23)13-18/h3-8,13,20,24H,9-12,14-15H2,1-2H3. The number of hydrogen-bond acceptors (Lipinski definition) is 5. The Kier molecular flexibility index (Phi) is 7.14. The maximum absolute atomic E-state index is 13.8.